The Balaban J connectivity index is 1.94. The summed E-state index contributed by atoms with van der Waals surface area (Å²) in [6.45, 7) is 4.51. The first-order chi connectivity index (χ1) is 10.5. The number of rotatable bonds is 3. The molecule has 1 fully saturated rings. The normalized spacial score (nSPS) is 16.0. The Kier molecular flexibility index (Phi) is 3.96. The Hall–Kier alpha value is -2.18. The minimum absolute atomic E-state index is 0.0283. The summed E-state index contributed by atoms with van der Waals surface area (Å²) in [7, 11) is 0. The summed E-state index contributed by atoms with van der Waals surface area (Å²) in [6.07, 6.45) is 0. The van der Waals surface area contributed by atoms with Gasteiger partial charge in [0.05, 0.1) is 19.8 Å². The molecule has 1 aliphatic rings. The van der Waals surface area contributed by atoms with Crippen molar-refractivity contribution in [3.63, 3.8) is 0 Å². The number of aryl methyl sites for hydroxylation is 1. The molecule has 0 unspecified atom stereocenters. The predicted molar refractivity (Wildman–Crippen MR) is 80.5 cm³/mol. The van der Waals surface area contributed by atoms with Gasteiger partial charge < -0.3 is 14.3 Å². The molecule has 0 amide bonds. The molecule has 6 nitrogen and oxygen atoms in total. The molecule has 1 aliphatic heterocycles. The molecule has 1 N–H and O–H groups in total. The Labute approximate surface area is 126 Å². The van der Waals surface area contributed by atoms with Gasteiger partial charge in [-0.25, -0.2) is 4.79 Å². The molecule has 2 heterocycles. The van der Waals surface area contributed by atoms with Crippen molar-refractivity contribution in [3.8, 4) is 5.75 Å². The molecule has 0 aliphatic carbocycles. The van der Waals surface area contributed by atoms with Crippen LogP contribution in [0.3, 0.4) is 0 Å². The van der Waals surface area contributed by atoms with Crippen LogP contribution in [0.15, 0.2) is 27.4 Å². The van der Waals surface area contributed by atoms with Gasteiger partial charge in [-0.1, -0.05) is 0 Å². The highest BCUT2D eigenvalue weighted by Gasteiger charge is 2.19. The Morgan fingerprint density at radius 2 is 2.00 bits per heavy atom. The number of Topliss-reactive ketones (excluding diaryl/α,β-unsaturated/α-hetero) is 1. The van der Waals surface area contributed by atoms with Gasteiger partial charge in [-0.15, -0.1) is 0 Å². The van der Waals surface area contributed by atoms with Crippen LogP contribution in [0.2, 0.25) is 0 Å². The van der Waals surface area contributed by atoms with Gasteiger partial charge in [0.25, 0.3) is 0 Å². The molecule has 0 atom stereocenters. The number of hydrogen-bond donors (Lipinski definition) is 1. The van der Waals surface area contributed by atoms with Crippen LogP contribution in [0, 0.1) is 6.92 Å². The van der Waals surface area contributed by atoms with E-state index >= 15 is 0 Å². The number of ketones is 1. The highest BCUT2D eigenvalue weighted by atomic mass is 16.5. The third-order valence-corrected chi connectivity index (χ3v) is 3.82. The van der Waals surface area contributed by atoms with E-state index in [2.05, 4.69) is 0 Å². The lowest BCUT2D eigenvalue weighted by molar-refractivity contribution is 0.0370. The second kappa shape index (κ2) is 5.90. The number of morpholine rings is 1. The van der Waals surface area contributed by atoms with Gasteiger partial charge in [0.2, 0.25) is 0 Å². The van der Waals surface area contributed by atoms with Crippen molar-refractivity contribution in [2.45, 2.75) is 6.92 Å². The van der Waals surface area contributed by atoms with E-state index in [4.69, 9.17) is 9.15 Å². The number of benzene rings is 1. The van der Waals surface area contributed by atoms with E-state index in [1.54, 1.807) is 19.1 Å². The van der Waals surface area contributed by atoms with Crippen LogP contribution in [0.5, 0.6) is 5.75 Å². The zero-order chi connectivity index (χ0) is 15.7. The van der Waals surface area contributed by atoms with E-state index in [1.165, 1.54) is 6.07 Å². The summed E-state index contributed by atoms with van der Waals surface area (Å²) in [5.74, 6) is -0.231. The average molecular weight is 303 g/mol. The lowest BCUT2D eigenvalue weighted by Crippen LogP contribution is -2.40. The van der Waals surface area contributed by atoms with Gasteiger partial charge >= 0.3 is 5.63 Å². The molecule has 6 heteroatoms. The maximum absolute atomic E-state index is 12.4. The lowest BCUT2D eigenvalue weighted by atomic mass is 10.1. The van der Waals surface area contributed by atoms with Gasteiger partial charge in [0, 0.05) is 24.5 Å². The first-order valence-electron chi connectivity index (χ1n) is 7.15. The predicted octanol–water partition coefficient (Wildman–Crippen LogP) is 1.32. The molecule has 2 aromatic rings. The average Bonchev–Trinajstić information content (AvgIpc) is 2.47. The zero-order valence-electron chi connectivity index (χ0n) is 12.3. The largest absolute Gasteiger partial charge is 0.508 e. The van der Waals surface area contributed by atoms with E-state index in [-0.39, 0.29) is 29.2 Å². The summed E-state index contributed by atoms with van der Waals surface area (Å²) in [4.78, 5) is 26.3. The minimum atomic E-state index is -0.671. The number of hydrogen-bond acceptors (Lipinski definition) is 6. The van der Waals surface area contributed by atoms with Crippen molar-refractivity contribution in [1.29, 1.82) is 0 Å². The Morgan fingerprint density at radius 3 is 2.73 bits per heavy atom. The third kappa shape index (κ3) is 2.88. The molecule has 0 saturated carbocycles. The molecule has 22 heavy (non-hydrogen) atoms. The second-order valence-electron chi connectivity index (χ2n) is 5.43. The first-order valence-corrected chi connectivity index (χ1v) is 7.15. The van der Waals surface area contributed by atoms with Crippen LogP contribution in [0.4, 0.5) is 0 Å². The van der Waals surface area contributed by atoms with Crippen LogP contribution in [-0.2, 0) is 4.74 Å². The highest BCUT2D eigenvalue weighted by Crippen LogP contribution is 2.23. The number of phenolic OH excluding ortho intramolecular Hbond substituents is 1. The SMILES string of the molecule is Cc1cc(O)cc2oc(=O)c(C(=O)CN3CCOCC3)cc12. The maximum Gasteiger partial charge on any atom is 0.347 e. The van der Waals surface area contributed by atoms with Crippen molar-refractivity contribution in [3.05, 3.63) is 39.7 Å². The summed E-state index contributed by atoms with van der Waals surface area (Å²) >= 11 is 0. The van der Waals surface area contributed by atoms with Crippen molar-refractivity contribution in [1.82, 2.24) is 4.90 Å². The van der Waals surface area contributed by atoms with Gasteiger partial charge in [-0.2, -0.15) is 0 Å². The molecule has 116 valence electrons. The molecule has 1 aromatic heterocycles. The lowest BCUT2D eigenvalue weighted by Gasteiger charge is -2.25. The van der Waals surface area contributed by atoms with Crippen LogP contribution in [-0.4, -0.2) is 48.6 Å². The Morgan fingerprint density at radius 1 is 1.27 bits per heavy atom. The van der Waals surface area contributed by atoms with Gasteiger partial charge in [-0.3, -0.25) is 9.69 Å². The molecule has 0 spiro atoms. The fourth-order valence-corrected chi connectivity index (χ4v) is 2.62. The molecular weight excluding hydrogens is 286 g/mol. The van der Waals surface area contributed by atoms with E-state index in [0.29, 0.717) is 31.7 Å². The van der Waals surface area contributed by atoms with Crippen LogP contribution < -0.4 is 5.63 Å². The third-order valence-electron chi connectivity index (χ3n) is 3.82. The summed E-state index contributed by atoms with van der Waals surface area (Å²) in [5, 5.41) is 10.2. The monoisotopic (exact) mass is 303 g/mol. The van der Waals surface area contributed by atoms with Gasteiger partial charge in [0.1, 0.15) is 16.9 Å². The quantitative estimate of drug-likeness (QED) is 0.680. The molecule has 3 rings (SSSR count). The highest BCUT2D eigenvalue weighted by molar-refractivity contribution is 6.00. The van der Waals surface area contributed by atoms with E-state index in [0.717, 1.165) is 5.56 Å². The number of carbonyl (C=O) groups excluding carboxylic acids is 1. The van der Waals surface area contributed by atoms with E-state index in [1.807, 2.05) is 4.90 Å². The summed E-state index contributed by atoms with van der Waals surface area (Å²) in [5.41, 5.74) is 0.410. The van der Waals surface area contributed by atoms with Gasteiger partial charge in [0.15, 0.2) is 5.78 Å². The van der Waals surface area contributed by atoms with Crippen molar-refractivity contribution < 1.29 is 19.1 Å². The minimum Gasteiger partial charge on any atom is -0.508 e. The Bertz CT molecular complexity index is 774. The molecule has 0 bridgehead atoms. The number of aromatic hydroxyl groups is 1. The smallest absolute Gasteiger partial charge is 0.347 e. The van der Waals surface area contributed by atoms with Crippen molar-refractivity contribution in [2.24, 2.45) is 0 Å². The molecular formula is C16H17NO5. The molecule has 1 saturated heterocycles. The van der Waals surface area contributed by atoms with E-state index < -0.39 is 5.63 Å². The van der Waals surface area contributed by atoms with Gasteiger partial charge in [-0.05, 0) is 24.6 Å². The molecule has 1 aromatic carbocycles. The van der Waals surface area contributed by atoms with Crippen molar-refractivity contribution >= 4 is 16.8 Å². The standard InChI is InChI=1S/C16H17NO5/c1-10-6-11(18)7-15-12(10)8-13(16(20)22-15)14(19)9-17-2-4-21-5-3-17/h6-8,18H,2-5,9H2,1H3. The fourth-order valence-electron chi connectivity index (χ4n) is 2.62. The van der Waals surface area contributed by atoms with Crippen LogP contribution in [0.25, 0.3) is 11.0 Å². The number of carbonyl (C=O) groups is 1. The van der Waals surface area contributed by atoms with Crippen LogP contribution >= 0.6 is 0 Å². The van der Waals surface area contributed by atoms with Crippen LogP contribution in [0.1, 0.15) is 15.9 Å². The number of ether oxygens (including phenoxy) is 1. The second-order valence-corrected chi connectivity index (χ2v) is 5.43. The first kappa shape index (κ1) is 14.7. The van der Waals surface area contributed by atoms with E-state index in [9.17, 15) is 14.7 Å². The fraction of sp³-hybridized carbons (Fsp3) is 0.375. The summed E-state index contributed by atoms with van der Waals surface area (Å²) < 4.78 is 10.4. The number of nitrogens with zero attached hydrogens (tertiary/aromatic N) is 1. The number of fused-ring (bicyclic) bond motifs is 1. The van der Waals surface area contributed by atoms with Crippen molar-refractivity contribution in [2.75, 3.05) is 32.8 Å². The summed E-state index contributed by atoms with van der Waals surface area (Å²) in [6, 6.07) is 4.50. The zero-order valence-corrected chi connectivity index (χ0v) is 12.3. The molecule has 0 radical (unpaired) electrons. The number of phenols is 1. The topological polar surface area (TPSA) is 80.0 Å². The maximum atomic E-state index is 12.4.